The molecule has 2 atom stereocenters. The van der Waals surface area contributed by atoms with Crippen molar-refractivity contribution in [2.24, 2.45) is 5.92 Å². The molecule has 2 aliphatic heterocycles. The lowest BCUT2D eigenvalue weighted by atomic mass is 9.82. The highest BCUT2D eigenvalue weighted by atomic mass is 19.4. The molecular formula is C13H19F3N2O3. The SMILES string of the molecule is CC(C)(C)OC(=O)N1C[C@@H]2CCN(C(=O)C(F)(F)F)C[C@@H]21. The number of carbonyl (C=O) groups excluding carboxylic acids is 2. The summed E-state index contributed by atoms with van der Waals surface area (Å²) in [7, 11) is 0. The van der Waals surface area contributed by atoms with Crippen LogP contribution in [0, 0.1) is 5.92 Å². The molecule has 0 spiro atoms. The van der Waals surface area contributed by atoms with E-state index in [0.29, 0.717) is 13.0 Å². The average molecular weight is 308 g/mol. The molecule has 2 rings (SSSR count). The summed E-state index contributed by atoms with van der Waals surface area (Å²) in [5.74, 6) is -1.69. The highest BCUT2D eigenvalue weighted by Crippen LogP contribution is 2.35. The van der Waals surface area contributed by atoms with Gasteiger partial charge in [0.15, 0.2) is 0 Å². The highest BCUT2D eigenvalue weighted by Gasteiger charge is 2.51. The Morgan fingerprint density at radius 3 is 2.29 bits per heavy atom. The average Bonchev–Trinajstić information content (AvgIpc) is 2.26. The summed E-state index contributed by atoms with van der Waals surface area (Å²) in [5, 5.41) is 0. The fourth-order valence-corrected chi connectivity index (χ4v) is 2.69. The Kier molecular flexibility index (Phi) is 3.84. The summed E-state index contributed by atoms with van der Waals surface area (Å²) < 4.78 is 42.6. The number of likely N-dealkylation sites (tertiary alicyclic amines) is 2. The lowest BCUT2D eigenvalue weighted by Crippen LogP contribution is -2.67. The van der Waals surface area contributed by atoms with Crippen molar-refractivity contribution in [2.45, 2.75) is 45.0 Å². The maximum Gasteiger partial charge on any atom is 0.471 e. The monoisotopic (exact) mass is 308 g/mol. The van der Waals surface area contributed by atoms with E-state index < -0.39 is 23.8 Å². The van der Waals surface area contributed by atoms with E-state index in [2.05, 4.69) is 0 Å². The fourth-order valence-electron chi connectivity index (χ4n) is 2.69. The summed E-state index contributed by atoms with van der Waals surface area (Å²) in [5.41, 5.74) is -0.654. The summed E-state index contributed by atoms with van der Waals surface area (Å²) >= 11 is 0. The molecule has 8 heteroatoms. The Bertz CT molecular complexity index is 445. The second kappa shape index (κ2) is 5.06. The normalized spacial score (nSPS) is 26.0. The molecule has 2 heterocycles. The van der Waals surface area contributed by atoms with Crippen LogP contribution in [0.3, 0.4) is 0 Å². The Labute approximate surface area is 121 Å². The molecule has 2 saturated heterocycles. The number of rotatable bonds is 0. The van der Waals surface area contributed by atoms with Crippen LogP contribution in [0.1, 0.15) is 27.2 Å². The van der Waals surface area contributed by atoms with Crippen molar-refractivity contribution in [3.8, 4) is 0 Å². The predicted octanol–water partition coefficient (Wildman–Crippen LogP) is 2.02. The van der Waals surface area contributed by atoms with Gasteiger partial charge in [0.2, 0.25) is 0 Å². The molecule has 2 amide bonds. The molecule has 2 fully saturated rings. The molecule has 0 unspecified atom stereocenters. The van der Waals surface area contributed by atoms with Crippen LogP contribution in [0.4, 0.5) is 18.0 Å². The zero-order valence-electron chi connectivity index (χ0n) is 12.2. The zero-order valence-corrected chi connectivity index (χ0v) is 12.2. The van der Waals surface area contributed by atoms with Gasteiger partial charge in [-0.15, -0.1) is 0 Å². The van der Waals surface area contributed by atoms with E-state index in [9.17, 15) is 22.8 Å². The van der Waals surface area contributed by atoms with Crippen molar-refractivity contribution < 1.29 is 27.5 Å². The van der Waals surface area contributed by atoms with Gasteiger partial charge in [-0.05, 0) is 27.2 Å². The topological polar surface area (TPSA) is 49.9 Å². The molecular weight excluding hydrogens is 289 g/mol. The van der Waals surface area contributed by atoms with Gasteiger partial charge in [-0.1, -0.05) is 0 Å². The highest BCUT2D eigenvalue weighted by molar-refractivity contribution is 5.82. The van der Waals surface area contributed by atoms with Crippen LogP contribution >= 0.6 is 0 Å². The van der Waals surface area contributed by atoms with E-state index in [4.69, 9.17) is 4.74 Å². The van der Waals surface area contributed by atoms with Gasteiger partial charge in [0.05, 0.1) is 6.04 Å². The standard InChI is InChI=1S/C13H19F3N2O3/c1-12(2,3)21-11(20)18-6-8-4-5-17(7-9(8)18)10(19)13(14,15)16/h8-9H,4-7H2,1-3H3/t8-,9-/m0/s1. The third-order valence-electron chi connectivity index (χ3n) is 3.71. The first-order valence-electron chi connectivity index (χ1n) is 6.85. The number of amides is 2. The van der Waals surface area contributed by atoms with Crippen molar-refractivity contribution >= 4 is 12.0 Å². The van der Waals surface area contributed by atoms with E-state index in [0.717, 1.165) is 4.90 Å². The third-order valence-corrected chi connectivity index (χ3v) is 3.71. The summed E-state index contributed by atoms with van der Waals surface area (Å²) in [6.07, 6.45) is -4.93. The molecule has 120 valence electrons. The van der Waals surface area contributed by atoms with Crippen molar-refractivity contribution in [3.63, 3.8) is 0 Å². The van der Waals surface area contributed by atoms with Gasteiger partial charge in [0.25, 0.3) is 0 Å². The van der Waals surface area contributed by atoms with Crippen LogP contribution in [0.2, 0.25) is 0 Å². The lowest BCUT2D eigenvalue weighted by Gasteiger charge is -2.52. The molecule has 5 nitrogen and oxygen atoms in total. The second-order valence-corrected chi connectivity index (χ2v) is 6.50. The summed E-state index contributed by atoms with van der Waals surface area (Å²) in [6.45, 7) is 5.66. The maximum absolute atomic E-state index is 12.5. The van der Waals surface area contributed by atoms with Gasteiger partial charge >= 0.3 is 18.2 Å². The van der Waals surface area contributed by atoms with Crippen LogP contribution < -0.4 is 0 Å². The molecule has 0 aromatic rings. The molecule has 0 radical (unpaired) electrons. The van der Waals surface area contributed by atoms with E-state index >= 15 is 0 Å². The Hall–Kier alpha value is -1.47. The van der Waals surface area contributed by atoms with E-state index in [1.54, 1.807) is 20.8 Å². The lowest BCUT2D eigenvalue weighted by molar-refractivity contribution is -0.190. The summed E-state index contributed by atoms with van der Waals surface area (Å²) in [6, 6.07) is -0.375. The molecule has 0 N–H and O–H groups in total. The van der Waals surface area contributed by atoms with E-state index in [1.165, 1.54) is 4.90 Å². The van der Waals surface area contributed by atoms with E-state index in [-0.39, 0.29) is 25.0 Å². The molecule has 2 aliphatic rings. The van der Waals surface area contributed by atoms with Crippen LogP contribution in [0.15, 0.2) is 0 Å². The van der Waals surface area contributed by atoms with Crippen LogP contribution in [-0.4, -0.2) is 59.3 Å². The summed E-state index contributed by atoms with van der Waals surface area (Å²) in [4.78, 5) is 25.4. The number of ether oxygens (including phenoxy) is 1. The Morgan fingerprint density at radius 2 is 1.76 bits per heavy atom. The first kappa shape index (κ1) is 15.9. The van der Waals surface area contributed by atoms with Crippen LogP contribution in [0.5, 0.6) is 0 Å². The molecule has 0 bridgehead atoms. The van der Waals surface area contributed by atoms with Gasteiger partial charge in [-0.25, -0.2) is 4.79 Å². The molecule has 0 aromatic heterocycles. The number of piperidine rings is 1. The zero-order chi connectivity index (χ0) is 16.0. The number of fused-ring (bicyclic) bond motifs is 1. The Morgan fingerprint density at radius 1 is 1.14 bits per heavy atom. The van der Waals surface area contributed by atoms with Gasteiger partial charge in [0.1, 0.15) is 5.60 Å². The first-order chi connectivity index (χ1) is 9.49. The largest absolute Gasteiger partial charge is 0.471 e. The third kappa shape index (κ3) is 3.41. The Balaban J connectivity index is 1.97. The minimum atomic E-state index is -4.87. The predicted molar refractivity (Wildman–Crippen MR) is 67.5 cm³/mol. The number of alkyl halides is 3. The van der Waals surface area contributed by atoms with Crippen LogP contribution in [0.25, 0.3) is 0 Å². The number of hydrogen-bond acceptors (Lipinski definition) is 3. The number of carbonyl (C=O) groups is 2. The minimum absolute atomic E-state index is 0.0811. The van der Waals surface area contributed by atoms with Gasteiger partial charge in [-0.2, -0.15) is 13.2 Å². The molecule has 21 heavy (non-hydrogen) atoms. The maximum atomic E-state index is 12.5. The van der Waals surface area contributed by atoms with Gasteiger partial charge in [-0.3, -0.25) is 4.79 Å². The number of halogens is 3. The van der Waals surface area contributed by atoms with Crippen molar-refractivity contribution in [1.29, 1.82) is 0 Å². The fraction of sp³-hybridized carbons (Fsp3) is 0.846. The van der Waals surface area contributed by atoms with E-state index in [1.807, 2.05) is 0 Å². The first-order valence-corrected chi connectivity index (χ1v) is 6.85. The van der Waals surface area contributed by atoms with Gasteiger partial charge in [0, 0.05) is 25.6 Å². The second-order valence-electron chi connectivity index (χ2n) is 6.50. The molecule has 0 saturated carbocycles. The number of nitrogens with zero attached hydrogens (tertiary/aromatic N) is 2. The van der Waals surface area contributed by atoms with Crippen LogP contribution in [-0.2, 0) is 9.53 Å². The molecule has 0 aliphatic carbocycles. The smallest absolute Gasteiger partial charge is 0.444 e. The van der Waals surface area contributed by atoms with Crippen molar-refractivity contribution in [1.82, 2.24) is 9.80 Å². The van der Waals surface area contributed by atoms with Crippen molar-refractivity contribution in [2.75, 3.05) is 19.6 Å². The van der Waals surface area contributed by atoms with Gasteiger partial charge < -0.3 is 14.5 Å². The van der Waals surface area contributed by atoms with Crippen molar-refractivity contribution in [3.05, 3.63) is 0 Å². The number of hydrogen-bond donors (Lipinski definition) is 0. The molecule has 0 aromatic carbocycles. The minimum Gasteiger partial charge on any atom is -0.444 e. The quantitative estimate of drug-likeness (QED) is 0.688.